The smallest absolute Gasteiger partial charge is 0.250 e. The molecule has 0 amide bonds. The normalized spacial score (nSPS) is 17.9. The highest BCUT2D eigenvalue weighted by Gasteiger charge is 2.20. The lowest BCUT2D eigenvalue weighted by atomic mass is 10.1. The molecule has 4 rings (SSSR count). The highest BCUT2D eigenvalue weighted by atomic mass is 79.9. The maximum atomic E-state index is 5.45. The molecule has 2 saturated heterocycles. The second-order valence-electron chi connectivity index (χ2n) is 6.83. The van der Waals surface area contributed by atoms with E-state index in [-0.39, 0.29) is 0 Å². The van der Waals surface area contributed by atoms with Crippen molar-refractivity contribution in [2.24, 2.45) is 5.10 Å². The zero-order chi connectivity index (χ0) is 19.2. The van der Waals surface area contributed by atoms with Crippen molar-refractivity contribution in [1.29, 1.82) is 0 Å². The van der Waals surface area contributed by atoms with Gasteiger partial charge in [-0.25, -0.2) is 5.43 Å². The molecule has 2 fully saturated rings. The SMILES string of the molecule is Brc1ccc(/C=N/Nc2nc(N3CCCCC3)nc(N3CCOCC3)n2)cc1. The van der Waals surface area contributed by atoms with Gasteiger partial charge < -0.3 is 14.5 Å². The van der Waals surface area contributed by atoms with Crippen LogP contribution >= 0.6 is 15.9 Å². The number of halogens is 1. The third kappa shape index (κ3) is 4.96. The predicted molar refractivity (Wildman–Crippen MR) is 114 cm³/mol. The lowest BCUT2D eigenvalue weighted by Crippen LogP contribution is -2.38. The number of nitrogens with zero attached hydrogens (tertiary/aromatic N) is 6. The van der Waals surface area contributed by atoms with Crippen molar-refractivity contribution in [3.8, 4) is 0 Å². The molecule has 148 valence electrons. The van der Waals surface area contributed by atoms with E-state index in [1.54, 1.807) is 6.21 Å². The fourth-order valence-corrected chi connectivity index (χ4v) is 3.52. The van der Waals surface area contributed by atoms with E-state index in [2.05, 4.69) is 46.2 Å². The summed E-state index contributed by atoms with van der Waals surface area (Å²) in [4.78, 5) is 18.3. The number of hydrazone groups is 1. The number of nitrogens with one attached hydrogen (secondary N) is 1. The Labute approximate surface area is 173 Å². The minimum Gasteiger partial charge on any atom is -0.378 e. The number of benzene rings is 1. The van der Waals surface area contributed by atoms with Crippen LogP contribution in [0.3, 0.4) is 0 Å². The molecule has 0 aliphatic carbocycles. The Morgan fingerprint density at radius 2 is 1.54 bits per heavy atom. The van der Waals surface area contributed by atoms with Gasteiger partial charge in [0.2, 0.25) is 17.8 Å². The molecule has 2 aliphatic rings. The second kappa shape index (κ2) is 9.29. The average Bonchev–Trinajstić information content (AvgIpc) is 2.76. The van der Waals surface area contributed by atoms with Crippen LogP contribution in [0.15, 0.2) is 33.8 Å². The first-order valence-electron chi connectivity index (χ1n) is 9.66. The van der Waals surface area contributed by atoms with E-state index in [0.717, 1.165) is 42.2 Å². The van der Waals surface area contributed by atoms with Gasteiger partial charge in [-0.3, -0.25) is 0 Å². The Bertz CT molecular complexity index is 766. The predicted octanol–water partition coefficient (Wildman–Crippen LogP) is 2.91. The van der Waals surface area contributed by atoms with Crippen LogP contribution in [0.5, 0.6) is 0 Å². The van der Waals surface area contributed by atoms with Crippen LogP contribution in [0, 0.1) is 0 Å². The van der Waals surface area contributed by atoms with Gasteiger partial charge in [0.05, 0.1) is 19.4 Å². The van der Waals surface area contributed by atoms with Gasteiger partial charge in [-0.1, -0.05) is 28.1 Å². The number of piperidine rings is 1. The molecule has 0 atom stereocenters. The molecule has 0 bridgehead atoms. The first-order chi connectivity index (χ1) is 13.8. The van der Waals surface area contributed by atoms with E-state index in [4.69, 9.17) is 9.72 Å². The third-order valence-electron chi connectivity index (χ3n) is 4.79. The third-order valence-corrected chi connectivity index (χ3v) is 5.32. The maximum absolute atomic E-state index is 5.45. The van der Waals surface area contributed by atoms with E-state index in [9.17, 15) is 0 Å². The number of aromatic nitrogens is 3. The molecule has 1 aromatic carbocycles. The molecule has 3 heterocycles. The molecule has 0 spiro atoms. The molecule has 8 nitrogen and oxygen atoms in total. The largest absolute Gasteiger partial charge is 0.378 e. The molecule has 0 radical (unpaired) electrons. The van der Waals surface area contributed by atoms with Crippen LogP contribution in [0.2, 0.25) is 0 Å². The number of anilines is 3. The lowest BCUT2D eigenvalue weighted by Gasteiger charge is -2.30. The van der Waals surface area contributed by atoms with Crippen LogP contribution in [0.1, 0.15) is 24.8 Å². The molecular formula is C19H24BrN7O. The van der Waals surface area contributed by atoms with Crippen LogP contribution in [0.25, 0.3) is 0 Å². The van der Waals surface area contributed by atoms with Crippen molar-refractivity contribution in [3.05, 3.63) is 34.3 Å². The minimum absolute atomic E-state index is 0.463. The van der Waals surface area contributed by atoms with Gasteiger partial charge in [0, 0.05) is 30.7 Å². The fraction of sp³-hybridized carbons (Fsp3) is 0.474. The zero-order valence-corrected chi connectivity index (χ0v) is 17.3. The van der Waals surface area contributed by atoms with E-state index < -0.39 is 0 Å². The summed E-state index contributed by atoms with van der Waals surface area (Å²) in [5.41, 5.74) is 3.97. The molecule has 0 saturated carbocycles. The van der Waals surface area contributed by atoms with Crippen LogP contribution in [-0.4, -0.2) is 60.6 Å². The Balaban J connectivity index is 1.54. The second-order valence-corrected chi connectivity index (χ2v) is 7.74. The van der Waals surface area contributed by atoms with Crippen molar-refractivity contribution in [2.45, 2.75) is 19.3 Å². The van der Waals surface area contributed by atoms with Crippen molar-refractivity contribution >= 4 is 40.0 Å². The maximum Gasteiger partial charge on any atom is 0.250 e. The number of rotatable bonds is 5. The summed E-state index contributed by atoms with van der Waals surface area (Å²) in [7, 11) is 0. The Morgan fingerprint density at radius 1 is 0.893 bits per heavy atom. The molecular weight excluding hydrogens is 422 g/mol. The fourth-order valence-electron chi connectivity index (χ4n) is 3.26. The monoisotopic (exact) mass is 445 g/mol. The van der Waals surface area contributed by atoms with Crippen molar-refractivity contribution in [1.82, 2.24) is 15.0 Å². The number of ether oxygens (including phenoxy) is 1. The molecule has 28 heavy (non-hydrogen) atoms. The van der Waals surface area contributed by atoms with Gasteiger partial charge in [-0.2, -0.15) is 20.1 Å². The van der Waals surface area contributed by atoms with Crippen molar-refractivity contribution < 1.29 is 4.74 Å². The van der Waals surface area contributed by atoms with E-state index >= 15 is 0 Å². The van der Waals surface area contributed by atoms with Gasteiger partial charge in [-0.15, -0.1) is 0 Å². The van der Waals surface area contributed by atoms with E-state index in [1.807, 2.05) is 24.3 Å². The Morgan fingerprint density at radius 3 is 2.21 bits per heavy atom. The van der Waals surface area contributed by atoms with Gasteiger partial charge in [0.25, 0.3) is 0 Å². The summed E-state index contributed by atoms with van der Waals surface area (Å²) in [5, 5.41) is 4.31. The van der Waals surface area contributed by atoms with Crippen molar-refractivity contribution in [2.75, 3.05) is 54.6 Å². The molecule has 0 unspecified atom stereocenters. The Hall–Kier alpha value is -2.26. The van der Waals surface area contributed by atoms with E-state index in [0.29, 0.717) is 25.1 Å². The number of hydrogen-bond donors (Lipinski definition) is 1. The van der Waals surface area contributed by atoms with Crippen molar-refractivity contribution in [3.63, 3.8) is 0 Å². The van der Waals surface area contributed by atoms with Gasteiger partial charge in [-0.05, 0) is 37.0 Å². The average molecular weight is 446 g/mol. The quantitative estimate of drug-likeness (QED) is 0.559. The van der Waals surface area contributed by atoms with Gasteiger partial charge in [0.15, 0.2) is 0 Å². The molecule has 9 heteroatoms. The lowest BCUT2D eigenvalue weighted by molar-refractivity contribution is 0.122. The van der Waals surface area contributed by atoms with Crippen LogP contribution in [-0.2, 0) is 4.74 Å². The first kappa shape index (κ1) is 19.1. The Kier molecular flexibility index (Phi) is 6.33. The summed E-state index contributed by atoms with van der Waals surface area (Å²) in [5.74, 6) is 1.86. The summed E-state index contributed by atoms with van der Waals surface area (Å²) in [6, 6.07) is 7.94. The number of hydrogen-bond acceptors (Lipinski definition) is 8. The summed E-state index contributed by atoms with van der Waals surface area (Å²) >= 11 is 3.44. The van der Waals surface area contributed by atoms with E-state index in [1.165, 1.54) is 19.3 Å². The summed E-state index contributed by atoms with van der Waals surface area (Å²) < 4.78 is 6.49. The highest BCUT2D eigenvalue weighted by molar-refractivity contribution is 9.10. The van der Waals surface area contributed by atoms with Crippen LogP contribution < -0.4 is 15.2 Å². The standard InChI is InChI=1S/C19H24BrN7O/c20-16-6-4-15(5-7-16)14-21-25-17-22-18(26-8-2-1-3-9-26)24-19(23-17)27-10-12-28-13-11-27/h4-7,14H,1-3,8-13H2,(H,22,23,24,25)/b21-14+. The first-order valence-corrected chi connectivity index (χ1v) is 10.5. The minimum atomic E-state index is 0.463. The van der Waals surface area contributed by atoms with Gasteiger partial charge >= 0.3 is 0 Å². The number of morpholine rings is 1. The molecule has 2 aliphatic heterocycles. The van der Waals surface area contributed by atoms with Crippen LogP contribution in [0.4, 0.5) is 17.8 Å². The van der Waals surface area contributed by atoms with Gasteiger partial charge in [0.1, 0.15) is 0 Å². The highest BCUT2D eigenvalue weighted by Crippen LogP contribution is 2.21. The summed E-state index contributed by atoms with van der Waals surface area (Å²) in [6.07, 6.45) is 5.36. The summed E-state index contributed by atoms with van der Waals surface area (Å²) in [6.45, 7) is 4.91. The topological polar surface area (TPSA) is 78.8 Å². The molecule has 2 aromatic rings. The molecule has 1 aromatic heterocycles. The zero-order valence-electron chi connectivity index (χ0n) is 15.7. The molecule has 1 N–H and O–H groups in total.